The SMILES string of the molecule is O=C(CSCc1ccn(-c2ccccc2)n1)N1CCCCC1. The summed E-state index contributed by atoms with van der Waals surface area (Å²) in [4.78, 5) is 14.1. The van der Waals surface area contributed by atoms with Gasteiger partial charge in [0.05, 0.1) is 17.1 Å². The zero-order valence-corrected chi connectivity index (χ0v) is 13.5. The Kier molecular flexibility index (Phi) is 5.16. The summed E-state index contributed by atoms with van der Waals surface area (Å²) >= 11 is 1.65. The van der Waals surface area contributed by atoms with Crippen molar-refractivity contribution >= 4 is 17.7 Å². The van der Waals surface area contributed by atoms with Crippen LogP contribution in [0, 0.1) is 0 Å². The minimum Gasteiger partial charge on any atom is -0.342 e. The van der Waals surface area contributed by atoms with Crippen LogP contribution in [-0.2, 0) is 10.5 Å². The maximum atomic E-state index is 12.1. The van der Waals surface area contributed by atoms with Crippen LogP contribution in [0.4, 0.5) is 0 Å². The molecule has 1 aromatic carbocycles. The fraction of sp³-hybridized carbons (Fsp3) is 0.412. The molecule has 1 fully saturated rings. The third kappa shape index (κ3) is 3.91. The van der Waals surface area contributed by atoms with Crippen LogP contribution < -0.4 is 0 Å². The molecular formula is C17H21N3OS. The van der Waals surface area contributed by atoms with Gasteiger partial charge in [-0.2, -0.15) is 5.10 Å². The summed E-state index contributed by atoms with van der Waals surface area (Å²) in [5.74, 6) is 1.60. The third-order valence-electron chi connectivity index (χ3n) is 3.85. The normalized spacial score (nSPS) is 15.0. The van der Waals surface area contributed by atoms with Gasteiger partial charge >= 0.3 is 0 Å². The summed E-state index contributed by atoms with van der Waals surface area (Å²) in [6, 6.07) is 12.1. The number of aromatic nitrogens is 2. The highest BCUT2D eigenvalue weighted by atomic mass is 32.2. The first kappa shape index (κ1) is 15.2. The molecular weight excluding hydrogens is 294 g/mol. The lowest BCUT2D eigenvalue weighted by molar-refractivity contribution is -0.129. The Balaban J connectivity index is 1.48. The average molecular weight is 315 g/mol. The number of hydrogen-bond acceptors (Lipinski definition) is 3. The van der Waals surface area contributed by atoms with Gasteiger partial charge in [-0.05, 0) is 37.5 Å². The minimum atomic E-state index is 0.271. The van der Waals surface area contributed by atoms with E-state index in [0.717, 1.165) is 43.1 Å². The molecule has 1 aliphatic rings. The fourth-order valence-corrected chi connectivity index (χ4v) is 3.46. The molecule has 3 rings (SSSR count). The Labute approximate surface area is 135 Å². The average Bonchev–Trinajstić information content (AvgIpc) is 3.05. The second-order valence-corrected chi connectivity index (χ2v) is 6.51. The summed E-state index contributed by atoms with van der Waals surface area (Å²) < 4.78 is 1.88. The molecule has 0 spiro atoms. The molecule has 0 N–H and O–H groups in total. The molecule has 1 amide bonds. The first-order valence-corrected chi connectivity index (χ1v) is 8.94. The predicted octanol–water partition coefficient (Wildman–Crippen LogP) is 3.12. The van der Waals surface area contributed by atoms with Crippen molar-refractivity contribution in [3.05, 3.63) is 48.3 Å². The molecule has 1 aromatic heterocycles. The van der Waals surface area contributed by atoms with Crippen LogP contribution in [0.15, 0.2) is 42.6 Å². The van der Waals surface area contributed by atoms with E-state index in [0.29, 0.717) is 5.75 Å². The van der Waals surface area contributed by atoms with Crippen molar-refractivity contribution in [2.24, 2.45) is 0 Å². The van der Waals surface area contributed by atoms with Crippen molar-refractivity contribution in [1.29, 1.82) is 0 Å². The molecule has 0 atom stereocenters. The van der Waals surface area contributed by atoms with E-state index in [-0.39, 0.29) is 5.91 Å². The molecule has 4 nitrogen and oxygen atoms in total. The van der Waals surface area contributed by atoms with Crippen LogP contribution in [0.25, 0.3) is 5.69 Å². The smallest absolute Gasteiger partial charge is 0.232 e. The molecule has 116 valence electrons. The number of hydrogen-bond donors (Lipinski definition) is 0. The van der Waals surface area contributed by atoms with Gasteiger partial charge in [-0.25, -0.2) is 4.68 Å². The summed E-state index contributed by atoms with van der Waals surface area (Å²) in [5, 5.41) is 4.56. The van der Waals surface area contributed by atoms with Crippen LogP contribution in [0.3, 0.4) is 0 Å². The van der Waals surface area contributed by atoms with Crippen molar-refractivity contribution < 1.29 is 4.79 Å². The third-order valence-corrected chi connectivity index (χ3v) is 4.80. The highest BCUT2D eigenvalue weighted by molar-refractivity contribution is 7.99. The number of carbonyl (C=O) groups is 1. The van der Waals surface area contributed by atoms with E-state index in [1.54, 1.807) is 11.8 Å². The second-order valence-electron chi connectivity index (χ2n) is 5.52. The van der Waals surface area contributed by atoms with Gasteiger partial charge in [-0.15, -0.1) is 11.8 Å². The van der Waals surface area contributed by atoms with Crippen molar-refractivity contribution in [3.63, 3.8) is 0 Å². The number of amides is 1. The first-order valence-electron chi connectivity index (χ1n) is 7.78. The molecule has 0 unspecified atom stereocenters. The lowest BCUT2D eigenvalue weighted by atomic mass is 10.1. The summed E-state index contributed by atoms with van der Waals surface area (Å²) in [5.41, 5.74) is 2.07. The van der Waals surface area contributed by atoms with Crippen molar-refractivity contribution in [2.45, 2.75) is 25.0 Å². The van der Waals surface area contributed by atoms with Crippen molar-refractivity contribution in [1.82, 2.24) is 14.7 Å². The highest BCUT2D eigenvalue weighted by Gasteiger charge is 2.16. The standard InChI is InChI=1S/C17H21N3OS/c21-17(19-10-5-2-6-11-19)14-22-13-15-9-12-20(18-15)16-7-3-1-4-8-16/h1,3-4,7-9,12H,2,5-6,10-11,13-14H2. The monoisotopic (exact) mass is 315 g/mol. The molecule has 5 heteroatoms. The van der Waals surface area contributed by atoms with Crippen LogP contribution >= 0.6 is 11.8 Å². The molecule has 1 saturated heterocycles. The van der Waals surface area contributed by atoms with Crippen LogP contribution in [0.2, 0.25) is 0 Å². The van der Waals surface area contributed by atoms with Crippen LogP contribution in [-0.4, -0.2) is 39.4 Å². The van der Waals surface area contributed by atoms with Crippen molar-refractivity contribution in [3.8, 4) is 5.69 Å². The Hall–Kier alpha value is -1.75. The van der Waals surface area contributed by atoms with Crippen LogP contribution in [0.5, 0.6) is 0 Å². The number of para-hydroxylation sites is 1. The zero-order chi connectivity index (χ0) is 15.2. The Morgan fingerprint density at radius 3 is 2.64 bits per heavy atom. The molecule has 0 bridgehead atoms. The van der Waals surface area contributed by atoms with E-state index in [2.05, 4.69) is 5.10 Å². The van der Waals surface area contributed by atoms with E-state index < -0.39 is 0 Å². The van der Waals surface area contributed by atoms with Gasteiger partial charge in [0.2, 0.25) is 5.91 Å². The van der Waals surface area contributed by atoms with Gasteiger partial charge in [0.15, 0.2) is 0 Å². The zero-order valence-electron chi connectivity index (χ0n) is 12.6. The highest BCUT2D eigenvalue weighted by Crippen LogP contribution is 2.15. The number of rotatable bonds is 5. The maximum Gasteiger partial charge on any atom is 0.232 e. The predicted molar refractivity (Wildman–Crippen MR) is 90.2 cm³/mol. The molecule has 0 radical (unpaired) electrons. The topological polar surface area (TPSA) is 38.1 Å². The number of piperidine rings is 1. The number of benzene rings is 1. The van der Waals surface area contributed by atoms with Gasteiger partial charge in [-0.1, -0.05) is 18.2 Å². The molecule has 1 aliphatic heterocycles. The molecule has 2 aromatic rings. The Morgan fingerprint density at radius 1 is 1.09 bits per heavy atom. The second kappa shape index (κ2) is 7.49. The number of nitrogens with zero attached hydrogens (tertiary/aromatic N) is 3. The van der Waals surface area contributed by atoms with Gasteiger partial charge in [0.1, 0.15) is 0 Å². The summed E-state index contributed by atoms with van der Waals surface area (Å²) in [6.45, 7) is 1.87. The maximum absolute atomic E-state index is 12.1. The molecule has 22 heavy (non-hydrogen) atoms. The molecule has 0 saturated carbocycles. The first-order chi connectivity index (χ1) is 10.8. The Morgan fingerprint density at radius 2 is 1.86 bits per heavy atom. The van der Waals surface area contributed by atoms with E-state index in [1.165, 1.54) is 6.42 Å². The number of likely N-dealkylation sites (tertiary alicyclic amines) is 1. The lowest BCUT2D eigenvalue weighted by Crippen LogP contribution is -2.36. The fourth-order valence-electron chi connectivity index (χ4n) is 2.64. The van der Waals surface area contributed by atoms with E-state index in [1.807, 2.05) is 52.2 Å². The molecule has 2 heterocycles. The number of thioether (sulfide) groups is 1. The van der Waals surface area contributed by atoms with Crippen LogP contribution in [0.1, 0.15) is 25.0 Å². The van der Waals surface area contributed by atoms with E-state index >= 15 is 0 Å². The quantitative estimate of drug-likeness (QED) is 0.851. The largest absolute Gasteiger partial charge is 0.342 e. The summed E-state index contributed by atoms with van der Waals surface area (Å²) in [6.07, 6.45) is 5.53. The van der Waals surface area contributed by atoms with Gasteiger partial charge < -0.3 is 4.90 Å². The van der Waals surface area contributed by atoms with Gasteiger partial charge in [-0.3, -0.25) is 4.79 Å². The summed E-state index contributed by atoms with van der Waals surface area (Å²) in [7, 11) is 0. The van der Waals surface area contributed by atoms with Gasteiger partial charge in [0.25, 0.3) is 0 Å². The van der Waals surface area contributed by atoms with E-state index in [9.17, 15) is 4.79 Å². The molecule has 0 aliphatic carbocycles. The van der Waals surface area contributed by atoms with Gasteiger partial charge in [0, 0.05) is 25.0 Å². The lowest BCUT2D eigenvalue weighted by Gasteiger charge is -2.26. The van der Waals surface area contributed by atoms with Crippen molar-refractivity contribution in [2.75, 3.05) is 18.8 Å². The Bertz CT molecular complexity index is 605. The minimum absolute atomic E-state index is 0.271. The van der Waals surface area contributed by atoms with E-state index in [4.69, 9.17) is 0 Å². The number of carbonyl (C=O) groups excluding carboxylic acids is 1.